The molecule has 1 aromatic carbocycles. The van der Waals surface area contributed by atoms with Gasteiger partial charge in [-0.15, -0.1) is 0 Å². The Kier molecular flexibility index (Phi) is 6.31. The fourth-order valence-corrected chi connectivity index (χ4v) is 4.02. The van der Waals surface area contributed by atoms with E-state index in [1.807, 2.05) is 6.07 Å². The summed E-state index contributed by atoms with van der Waals surface area (Å²) in [5, 5.41) is 3.93. The minimum absolute atomic E-state index is 0.0747. The lowest BCUT2D eigenvalue weighted by Crippen LogP contribution is -2.36. The van der Waals surface area contributed by atoms with Crippen LogP contribution in [0.15, 0.2) is 18.2 Å². The summed E-state index contributed by atoms with van der Waals surface area (Å²) < 4.78 is 24.7. The third kappa shape index (κ3) is 5.95. The van der Waals surface area contributed by atoms with Gasteiger partial charge in [-0.2, -0.15) is 4.31 Å². The third-order valence-corrected chi connectivity index (χ3v) is 5.59. The van der Waals surface area contributed by atoms with E-state index in [1.165, 1.54) is 10.6 Å². The van der Waals surface area contributed by atoms with Gasteiger partial charge in [0.1, 0.15) is 0 Å². The summed E-state index contributed by atoms with van der Waals surface area (Å²) in [5.74, 6) is -0.163. The van der Waals surface area contributed by atoms with Gasteiger partial charge < -0.3 is 5.32 Å². The number of amides is 1. The first-order chi connectivity index (χ1) is 10.8. The zero-order chi connectivity index (χ0) is 17.0. The maximum absolute atomic E-state index is 11.9. The molecule has 128 valence electrons. The van der Waals surface area contributed by atoms with Crippen molar-refractivity contribution in [2.45, 2.75) is 31.7 Å². The molecule has 0 bridgehead atoms. The average Bonchev–Trinajstić information content (AvgIpc) is 3.24. The quantitative estimate of drug-likeness (QED) is 0.755. The van der Waals surface area contributed by atoms with Crippen molar-refractivity contribution in [3.05, 3.63) is 33.8 Å². The van der Waals surface area contributed by atoms with Crippen LogP contribution in [-0.4, -0.2) is 44.0 Å². The summed E-state index contributed by atoms with van der Waals surface area (Å²) in [5.41, 5.74) is 0.909. The summed E-state index contributed by atoms with van der Waals surface area (Å²) in [4.78, 5) is 11.9. The van der Waals surface area contributed by atoms with Crippen molar-refractivity contribution in [3.8, 4) is 0 Å². The molecule has 1 saturated carbocycles. The number of hydrogen-bond donors (Lipinski definition) is 1. The molecular weight excluding hydrogens is 359 g/mol. The molecule has 0 radical (unpaired) electrons. The molecule has 0 aliphatic heterocycles. The fraction of sp³-hybridized carbons (Fsp3) is 0.533. The van der Waals surface area contributed by atoms with E-state index in [9.17, 15) is 13.2 Å². The van der Waals surface area contributed by atoms with Crippen LogP contribution in [0, 0.1) is 0 Å². The van der Waals surface area contributed by atoms with Crippen molar-refractivity contribution in [1.82, 2.24) is 9.62 Å². The SMILES string of the molecule is CS(=O)(=O)N(CCC(=O)NCCc1ccc(Cl)cc1Cl)C1CC1. The highest BCUT2D eigenvalue weighted by atomic mass is 35.5. The Morgan fingerprint density at radius 2 is 2.04 bits per heavy atom. The normalized spacial score (nSPS) is 15.0. The maximum Gasteiger partial charge on any atom is 0.221 e. The molecule has 1 aromatic rings. The number of benzene rings is 1. The fourth-order valence-electron chi connectivity index (χ4n) is 2.34. The van der Waals surface area contributed by atoms with E-state index in [1.54, 1.807) is 12.1 Å². The van der Waals surface area contributed by atoms with Crippen LogP contribution in [0.2, 0.25) is 10.0 Å². The number of carbonyl (C=O) groups is 1. The Labute approximate surface area is 147 Å². The molecule has 8 heteroatoms. The van der Waals surface area contributed by atoms with Gasteiger partial charge in [0.15, 0.2) is 0 Å². The van der Waals surface area contributed by atoms with Gasteiger partial charge in [0, 0.05) is 35.6 Å². The minimum atomic E-state index is -3.25. The summed E-state index contributed by atoms with van der Waals surface area (Å²) in [7, 11) is -3.25. The van der Waals surface area contributed by atoms with E-state index in [2.05, 4.69) is 5.32 Å². The van der Waals surface area contributed by atoms with Gasteiger partial charge in [-0.05, 0) is 37.0 Å². The lowest BCUT2D eigenvalue weighted by atomic mass is 10.1. The van der Waals surface area contributed by atoms with Gasteiger partial charge >= 0.3 is 0 Å². The van der Waals surface area contributed by atoms with E-state index in [0.717, 1.165) is 18.4 Å². The molecule has 5 nitrogen and oxygen atoms in total. The van der Waals surface area contributed by atoms with Gasteiger partial charge in [0.2, 0.25) is 15.9 Å². The Balaban J connectivity index is 1.74. The molecule has 1 N–H and O–H groups in total. The van der Waals surface area contributed by atoms with E-state index in [0.29, 0.717) is 23.0 Å². The van der Waals surface area contributed by atoms with Crippen LogP contribution < -0.4 is 5.32 Å². The van der Waals surface area contributed by atoms with Gasteiger partial charge in [0.25, 0.3) is 0 Å². The summed E-state index contributed by atoms with van der Waals surface area (Å²) >= 11 is 11.9. The molecule has 1 aliphatic carbocycles. The highest BCUT2D eigenvalue weighted by molar-refractivity contribution is 7.88. The van der Waals surface area contributed by atoms with Crippen LogP contribution in [-0.2, 0) is 21.2 Å². The Hall–Kier alpha value is -0.820. The van der Waals surface area contributed by atoms with Gasteiger partial charge in [-0.1, -0.05) is 29.3 Å². The molecule has 1 amide bonds. The lowest BCUT2D eigenvalue weighted by Gasteiger charge is -2.18. The minimum Gasteiger partial charge on any atom is -0.356 e. The first-order valence-electron chi connectivity index (χ1n) is 7.45. The van der Waals surface area contributed by atoms with Crippen LogP contribution >= 0.6 is 23.2 Å². The Morgan fingerprint density at radius 3 is 2.61 bits per heavy atom. The molecule has 2 rings (SSSR count). The molecule has 0 unspecified atom stereocenters. The molecular formula is C15H20Cl2N2O3S. The smallest absolute Gasteiger partial charge is 0.221 e. The topological polar surface area (TPSA) is 66.5 Å². The van der Waals surface area contributed by atoms with E-state index >= 15 is 0 Å². The van der Waals surface area contributed by atoms with Gasteiger partial charge in [0.05, 0.1) is 6.26 Å². The van der Waals surface area contributed by atoms with Crippen molar-refractivity contribution >= 4 is 39.1 Å². The summed E-state index contributed by atoms with van der Waals surface area (Å²) in [6, 6.07) is 5.32. The highest BCUT2D eigenvalue weighted by Crippen LogP contribution is 2.28. The molecule has 1 fully saturated rings. The standard InChI is InChI=1S/C15H20Cl2N2O3S/c1-23(21,22)19(13-4-5-13)9-7-15(20)18-8-6-11-2-3-12(16)10-14(11)17/h2-3,10,13H,4-9H2,1H3,(H,18,20). The molecule has 1 aliphatic rings. The predicted octanol–water partition coefficient (Wildman–Crippen LogP) is 2.47. The second-order valence-electron chi connectivity index (χ2n) is 5.69. The lowest BCUT2D eigenvalue weighted by molar-refractivity contribution is -0.121. The van der Waals surface area contributed by atoms with Crippen LogP contribution in [0.5, 0.6) is 0 Å². The van der Waals surface area contributed by atoms with Crippen molar-refractivity contribution < 1.29 is 13.2 Å². The first-order valence-corrected chi connectivity index (χ1v) is 10.1. The average molecular weight is 379 g/mol. The van der Waals surface area contributed by atoms with E-state index in [-0.39, 0.29) is 24.9 Å². The van der Waals surface area contributed by atoms with Crippen molar-refractivity contribution in [3.63, 3.8) is 0 Å². The molecule has 0 saturated heterocycles. The highest BCUT2D eigenvalue weighted by Gasteiger charge is 2.34. The zero-order valence-corrected chi connectivity index (χ0v) is 15.2. The maximum atomic E-state index is 11.9. The second kappa shape index (κ2) is 7.83. The number of carbonyl (C=O) groups excluding carboxylic acids is 1. The van der Waals surface area contributed by atoms with Crippen LogP contribution in [0.1, 0.15) is 24.8 Å². The van der Waals surface area contributed by atoms with Crippen molar-refractivity contribution in [2.24, 2.45) is 0 Å². The third-order valence-electron chi connectivity index (χ3n) is 3.67. The predicted molar refractivity (Wildman–Crippen MR) is 92.4 cm³/mol. The zero-order valence-electron chi connectivity index (χ0n) is 12.9. The van der Waals surface area contributed by atoms with E-state index < -0.39 is 10.0 Å². The number of nitrogens with one attached hydrogen (secondary N) is 1. The monoisotopic (exact) mass is 378 g/mol. The number of sulfonamides is 1. The van der Waals surface area contributed by atoms with Crippen molar-refractivity contribution in [2.75, 3.05) is 19.3 Å². The number of hydrogen-bond acceptors (Lipinski definition) is 3. The van der Waals surface area contributed by atoms with Gasteiger partial charge in [-0.3, -0.25) is 4.79 Å². The summed E-state index contributed by atoms with van der Waals surface area (Å²) in [6.45, 7) is 0.680. The number of nitrogens with zero attached hydrogens (tertiary/aromatic N) is 1. The number of rotatable bonds is 8. The van der Waals surface area contributed by atoms with Crippen LogP contribution in [0.25, 0.3) is 0 Å². The molecule has 0 heterocycles. The second-order valence-corrected chi connectivity index (χ2v) is 8.47. The molecule has 23 heavy (non-hydrogen) atoms. The Bertz CT molecular complexity index is 675. The van der Waals surface area contributed by atoms with Crippen LogP contribution in [0.4, 0.5) is 0 Å². The Morgan fingerprint density at radius 1 is 1.35 bits per heavy atom. The largest absolute Gasteiger partial charge is 0.356 e. The number of halogens is 2. The van der Waals surface area contributed by atoms with Crippen LogP contribution in [0.3, 0.4) is 0 Å². The van der Waals surface area contributed by atoms with Crippen molar-refractivity contribution in [1.29, 1.82) is 0 Å². The molecule has 0 spiro atoms. The molecule has 0 aromatic heterocycles. The molecule has 0 atom stereocenters. The van der Waals surface area contributed by atoms with E-state index in [4.69, 9.17) is 23.2 Å². The van der Waals surface area contributed by atoms with Gasteiger partial charge in [-0.25, -0.2) is 8.42 Å². The first kappa shape index (κ1) is 18.5. The summed E-state index contributed by atoms with van der Waals surface area (Å²) in [6.07, 6.45) is 3.71.